The van der Waals surface area contributed by atoms with Crippen molar-refractivity contribution in [2.24, 2.45) is 0 Å². The zero-order valence-electron chi connectivity index (χ0n) is 24.1. The third-order valence-corrected chi connectivity index (χ3v) is 7.98. The van der Waals surface area contributed by atoms with E-state index in [0.29, 0.717) is 0 Å². The van der Waals surface area contributed by atoms with Crippen LogP contribution in [0.5, 0.6) is 0 Å². The predicted molar refractivity (Wildman–Crippen MR) is 136 cm³/mol. The van der Waals surface area contributed by atoms with Gasteiger partial charge in [0.1, 0.15) is 59.8 Å². The summed E-state index contributed by atoms with van der Waals surface area (Å²) in [5, 5.41) is 1.95. The molecule has 1 aromatic heterocycles. The average Bonchev–Trinajstić information content (AvgIpc) is 3.66. The molecule has 0 saturated heterocycles. The Hall–Kier alpha value is -5.03. The van der Waals surface area contributed by atoms with Gasteiger partial charge < -0.3 is 0 Å². The van der Waals surface area contributed by atoms with E-state index >= 15 is 35.1 Å². The lowest BCUT2D eigenvalue weighted by Crippen LogP contribution is -2.81. The highest BCUT2D eigenvalue weighted by Gasteiger charge is 2.52. The molecule has 52 heavy (non-hydrogen) atoms. The summed E-state index contributed by atoms with van der Waals surface area (Å²) in [4.78, 5) is 4.78. The number of hydrogen-bond acceptors (Lipinski definition) is 2. The second-order valence-corrected chi connectivity index (χ2v) is 10.6. The molecule has 24 heteroatoms. The second-order valence-electron chi connectivity index (χ2n) is 9.87. The van der Waals surface area contributed by atoms with Gasteiger partial charge in [0.15, 0.2) is 69.8 Å². The van der Waals surface area contributed by atoms with Crippen LogP contribution < -0.4 is 31.4 Å². The van der Waals surface area contributed by atoms with Crippen LogP contribution in [0, 0.1) is 116 Å². The Morgan fingerprint density at radius 2 is 0.558 bits per heavy atom. The summed E-state index contributed by atoms with van der Waals surface area (Å²) >= 11 is 1.60. The van der Waals surface area contributed by atoms with Crippen LogP contribution in [0.15, 0.2) is 17.1 Å². The van der Waals surface area contributed by atoms with Crippen molar-refractivity contribution >= 4 is 39.3 Å². The Labute approximate surface area is 277 Å². The topological polar surface area (TPSA) is 13.1 Å². The van der Waals surface area contributed by atoms with Crippen molar-refractivity contribution in [1.29, 1.82) is 0 Å². The molecule has 0 amide bonds. The van der Waals surface area contributed by atoms with E-state index in [4.69, 9.17) is 4.84 Å². The molecule has 0 fully saturated rings. The first-order valence-electron chi connectivity index (χ1n) is 12.8. The maximum atomic E-state index is 15.4. The molecule has 0 unspecified atom stereocenters. The summed E-state index contributed by atoms with van der Waals surface area (Å²) in [5.74, 6) is -71.4. The van der Waals surface area contributed by atoms with E-state index in [9.17, 15) is 52.7 Å². The van der Waals surface area contributed by atoms with Crippen molar-refractivity contribution in [3.63, 3.8) is 0 Å². The first-order valence-corrected chi connectivity index (χ1v) is 13.8. The SMILES string of the molecule is CO[n+]1ccsc1.Fc1c(F)c(F)c([B-](c2c(F)c(F)c(F)c(F)c2F)(c2c(F)c(F)c(F)c(F)c2F)c2c(F)c(F)c(F)c(F)c2F)c(F)c1F. The number of nitrogens with zero attached hydrogens (tertiary/aromatic N) is 1. The molecule has 0 atom stereocenters. The van der Waals surface area contributed by atoms with Crippen molar-refractivity contribution in [2.45, 2.75) is 0 Å². The lowest BCUT2D eigenvalue weighted by atomic mass is 9.12. The standard InChI is InChI=1S/C24BF20.C4H6NOS/c26-5-1(6(27)14(35)21(42)13(5)34)25(2-7(28)15(36)22(43)16(37)8(2)29,3-9(30)17(38)23(44)18(39)10(3)31)4-11(32)19(40)24(45)20(41)12(4)33;1-6-5-2-3-7-4-5/h;2-4H,1H3/q-1;+1. The van der Waals surface area contributed by atoms with Gasteiger partial charge in [-0.1, -0.05) is 11.3 Å². The van der Waals surface area contributed by atoms with E-state index in [1.165, 1.54) is 0 Å². The number of rotatable bonds is 5. The summed E-state index contributed by atoms with van der Waals surface area (Å²) in [7, 11) is 1.63. The average molecular weight is 795 g/mol. The van der Waals surface area contributed by atoms with Crippen LogP contribution in [0.4, 0.5) is 87.8 Å². The van der Waals surface area contributed by atoms with Crippen molar-refractivity contribution in [2.75, 3.05) is 7.11 Å². The highest BCUT2D eigenvalue weighted by Crippen LogP contribution is 2.30. The van der Waals surface area contributed by atoms with Gasteiger partial charge >= 0.3 is 0 Å². The Morgan fingerprint density at radius 3 is 0.692 bits per heavy atom. The highest BCUT2D eigenvalue weighted by atomic mass is 32.1. The first kappa shape index (κ1) is 39.8. The van der Waals surface area contributed by atoms with Crippen molar-refractivity contribution in [1.82, 2.24) is 0 Å². The number of hydrogen-bond donors (Lipinski definition) is 0. The van der Waals surface area contributed by atoms with Crippen LogP contribution in [-0.2, 0) is 0 Å². The normalized spacial score (nSPS) is 11.6. The molecular weight excluding hydrogens is 789 g/mol. The van der Waals surface area contributed by atoms with Gasteiger partial charge in [0.25, 0.3) is 5.51 Å². The Morgan fingerprint density at radius 1 is 0.365 bits per heavy atom. The summed E-state index contributed by atoms with van der Waals surface area (Å²) in [6.07, 6.45) is -5.37. The Balaban J connectivity index is 0.000000771. The number of thiazole rings is 1. The molecule has 0 radical (unpaired) electrons. The molecule has 2 nitrogen and oxygen atoms in total. The van der Waals surface area contributed by atoms with Gasteiger partial charge in [-0.25, -0.2) is 87.8 Å². The fourth-order valence-corrected chi connectivity index (χ4v) is 5.74. The van der Waals surface area contributed by atoms with Crippen LogP contribution in [0.2, 0.25) is 0 Å². The maximum Gasteiger partial charge on any atom is 0.276 e. The molecular formula is C28H6BF20NOS. The summed E-state index contributed by atoms with van der Waals surface area (Å²) in [6, 6.07) is 0. The molecule has 0 aliphatic heterocycles. The number of benzene rings is 4. The van der Waals surface area contributed by atoms with E-state index in [0.717, 1.165) is 0 Å². The number of aromatic nitrogens is 1. The van der Waals surface area contributed by atoms with Gasteiger partial charge in [-0.15, -0.1) is 21.9 Å². The monoisotopic (exact) mass is 795 g/mol. The smallest absolute Gasteiger partial charge is 0.274 e. The summed E-state index contributed by atoms with van der Waals surface area (Å²) in [6.45, 7) is 0. The van der Waals surface area contributed by atoms with Crippen LogP contribution in [-0.4, -0.2) is 13.3 Å². The van der Waals surface area contributed by atoms with Crippen LogP contribution in [0.1, 0.15) is 0 Å². The van der Waals surface area contributed by atoms with Gasteiger partial charge in [0.2, 0.25) is 6.20 Å². The molecule has 1 heterocycles. The molecule has 0 N–H and O–H groups in total. The van der Waals surface area contributed by atoms with Crippen molar-refractivity contribution in [3.05, 3.63) is 133 Å². The second kappa shape index (κ2) is 14.2. The summed E-state index contributed by atoms with van der Waals surface area (Å²) < 4.78 is 296. The highest BCUT2D eigenvalue weighted by molar-refractivity contribution is 7.20. The van der Waals surface area contributed by atoms with E-state index in [2.05, 4.69) is 0 Å². The van der Waals surface area contributed by atoms with Gasteiger partial charge in [-0.3, -0.25) is 4.84 Å². The van der Waals surface area contributed by atoms with E-state index in [1.807, 2.05) is 17.1 Å². The Bertz CT molecular complexity index is 1860. The van der Waals surface area contributed by atoms with Crippen molar-refractivity contribution < 1.29 is 97.4 Å². The molecule has 0 saturated carbocycles. The molecule has 0 bridgehead atoms. The molecule has 5 rings (SSSR count). The molecule has 0 aliphatic carbocycles. The van der Waals surface area contributed by atoms with Crippen LogP contribution in [0.25, 0.3) is 0 Å². The largest absolute Gasteiger partial charge is 0.276 e. The zero-order chi connectivity index (χ0) is 39.5. The third kappa shape index (κ3) is 5.66. The lowest BCUT2D eigenvalue weighted by molar-refractivity contribution is -0.882. The quantitative estimate of drug-likeness (QED) is 0.0707. The van der Waals surface area contributed by atoms with Crippen LogP contribution in [0.3, 0.4) is 0 Å². The minimum atomic E-state index is -7.22. The van der Waals surface area contributed by atoms with Gasteiger partial charge in [-0.2, -0.15) is 0 Å². The molecule has 4 aromatic carbocycles. The van der Waals surface area contributed by atoms with Gasteiger partial charge in [-0.05, 0) is 0 Å². The molecule has 0 spiro atoms. The maximum absolute atomic E-state index is 15.4. The lowest BCUT2D eigenvalue weighted by Gasteiger charge is -2.44. The third-order valence-electron chi connectivity index (χ3n) is 7.37. The minimum absolute atomic E-state index is 1.60. The fraction of sp³-hybridized carbons (Fsp3) is 0.0357. The van der Waals surface area contributed by atoms with Crippen LogP contribution >= 0.6 is 11.3 Å². The summed E-state index contributed by atoms with van der Waals surface area (Å²) in [5.41, 5.74) is -12.5. The van der Waals surface area contributed by atoms with Gasteiger partial charge in [0, 0.05) is 4.73 Å². The van der Waals surface area contributed by atoms with E-state index < -0.39 is 144 Å². The van der Waals surface area contributed by atoms with Crippen molar-refractivity contribution in [3.8, 4) is 0 Å². The Kier molecular flexibility index (Phi) is 10.8. The fourth-order valence-electron chi connectivity index (χ4n) is 5.20. The predicted octanol–water partition coefficient (Wildman–Crippen LogP) is 5.94. The van der Waals surface area contributed by atoms with E-state index in [1.54, 1.807) is 23.2 Å². The molecule has 5 aromatic rings. The number of halogens is 20. The van der Waals surface area contributed by atoms with E-state index in [-0.39, 0.29) is 0 Å². The van der Waals surface area contributed by atoms with Gasteiger partial charge in [0.05, 0.1) is 5.38 Å². The minimum Gasteiger partial charge on any atom is -0.274 e. The molecule has 278 valence electrons. The first-order chi connectivity index (χ1) is 24.1. The zero-order valence-corrected chi connectivity index (χ0v) is 24.9. The molecule has 0 aliphatic rings.